The Bertz CT molecular complexity index is 524. The van der Waals surface area contributed by atoms with E-state index >= 15 is 0 Å². The lowest BCUT2D eigenvalue weighted by atomic mass is 10.1. The molecule has 2 rings (SSSR count). The Hall–Kier alpha value is -1.28. The number of rotatable bonds is 9. The first-order valence-electron chi connectivity index (χ1n) is 8.64. The first-order chi connectivity index (χ1) is 10.2. The molecule has 0 aliphatic carbocycles. The lowest BCUT2D eigenvalue weighted by molar-refractivity contribution is -0.928. The Morgan fingerprint density at radius 1 is 0.857 bits per heavy atom. The third-order valence-electron chi connectivity index (χ3n) is 4.62. The molecular weight excluding hydrogens is 256 g/mol. The fourth-order valence-corrected chi connectivity index (χ4v) is 3.79. The average Bonchev–Trinajstić information content (AvgIpc) is 2.89. The molecule has 21 heavy (non-hydrogen) atoms. The molecule has 1 aromatic heterocycles. The van der Waals surface area contributed by atoms with Gasteiger partial charge in [0.1, 0.15) is 0 Å². The zero-order valence-electron chi connectivity index (χ0n) is 14.0. The summed E-state index contributed by atoms with van der Waals surface area (Å²) in [5.74, 6) is 0. The van der Waals surface area contributed by atoms with Crippen LogP contribution in [0.4, 0.5) is 0 Å². The van der Waals surface area contributed by atoms with Crippen LogP contribution in [0.3, 0.4) is 0 Å². The van der Waals surface area contributed by atoms with Gasteiger partial charge in [0.2, 0.25) is 0 Å². The maximum atomic E-state index is 3.41. The summed E-state index contributed by atoms with van der Waals surface area (Å²) in [6.45, 7) is 12.2. The number of aromatic nitrogens is 1. The number of nitrogens with zero attached hydrogens (tertiary/aromatic N) is 1. The number of nitrogens with one attached hydrogen (secondary N) is 1. The van der Waals surface area contributed by atoms with Gasteiger partial charge in [0.05, 0.1) is 26.2 Å². The van der Waals surface area contributed by atoms with Gasteiger partial charge in [-0.3, -0.25) is 0 Å². The standard InChI is InChI=1S/C19H31N2/c1-4-12-21(13-5-2,14-6-3)15-11-17-16-20-19-10-8-7-9-18(17)19/h7-10,16,20H,4-6,11-15H2,1-3H3/q+1. The van der Waals surface area contributed by atoms with Crippen LogP contribution in [0.1, 0.15) is 45.6 Å². The molecule has 0 fully saturated rings. The van der Waals surface area contributed by atoms with Crippen LogP contribution < -0.4 is 0 Å². The molecule has 0 bridgehead atoms. The Balaban J connectivity index is 2.13. The molecule has 2 heteroatoms. The molecule has 0 radical (unpaired) electrons. The van der Waals surface area contributed by atoms with Gasteiger partial charge in [0, 0.05) is 23.5 Å². The van der Waals surface area contributed by atoms with E-state index in [0.717, 1.165) is 0 Å². The minimum Gasteiger partial charge on any atom is -0.361 e. The number of fused-ring (bicyclic) bond motifs is 1. The van der Waals surface area contributed by atoms with Gasteiger partial charge in [-0.15, -0.1) is 0 Å². The molecule has 0 aliphatic rings. The lowest BCUT2D eigenvalue weighted by Crippen LogP contribution is -2.51. The zero-order valence-corrected chi connectivity index (χ0v) is 14.0. The predicted molar refractivity (Wildman–Crippen MR) is 92.6 cm³/mol. The number of H-pyrrole nitrogens is 1. The van der Waals surface area contributed by atoms with E-state index in [-0.39, 0.29) is 0 Å². The van der Waals surface area contributed by atoms with Crippen LogP contribution in [-0.2, 0) is 6.42 Å². The molecule has 0 aliphatic heterocycles. The van der Waals surface area contributed by atoms with Gasteiger partial charge >= 0.3 is 0 Å². The van der Waals surface area contributed by atoms with Gasteiger partial charge in [-0.1, -0.05) is 39.0 Å². The normalized spacial score (nSPS) is 12.1. The van der Waals surface area contributed by atoms with Crippen molar-refractivity contribution in [2.45, 2.75) is 46.5 Å². The smallest absolute Gasteiger partial charge is 0.0828 e. The molecule has 116 valence electrons. The molecule has 1 N–H and O–H groups in total. The number of quaternary nitrogens is 1. The summed E-state index contributed by atoms with van der Waals surface area (Å²) in [6, 6.07) is 8.67. The van der Waals surface area contributed by atoms with Gasteiger partial charge in [0.15, 0.2) is 0 Å². The van der Waals surface area contributed by atoms with E-state index in [1.165, 1.54) is 72.8 Å². The van der Waals surface area contributed by atoms with Crippen molar-refractivity contribution >= 4 is 10.9 Å². The topological polar surface area (TPSA) is 15.8 Å². The number of aromatic amines is 1. The third-order valence-corrected chi connectivity index (χ3v) is 4.62. The fourth-order valence-electron chi connectivity index (χ4n) is 3.79. The number of hydrogen-bond donors (Lipinski definition) is 1. The highest BCUT2D eigenvalue weighted by Crippen LogP contribution is 2.20. The molecule has 0 unspecified atom stereocenters. The summed E-state index contributed by atoms with van der Waals surface area (Å²) < 4.78 is 1.29. The summed E-state index contributed by atoms with van der Waals surface area (Å²) in [5, 5.41) is 1.40. The molecule has 1 aromatic carbocycles. The molecule has 1 heterocycles. The summed E-state index contributed by atoms with van der Waals surface area (Å²) >= 11 is 0. The predicted octanol–water partition coefficient (Wildman–Crippen LogP) is 4.76. The number of hydrogen-bond acceptors (Lipinski definition) is 0. The molecular formula is C19H31N2+. The molecule has 2 aromatic rings. The van der Waals surface area contributed by atoms with Crippen LogP contribution in [-0.4, -0.2) is 35.6 Å². The van der Waals surface area contributed by atoms with Gasteiger partial charge < -0.3 is 9.47 Å². The monoisotopic (exact) mass is 287 g/mol. The average molecular weight is 287 g/mol. The Morgan fingerprint density at radius 3 is 2.10 bits per heavy atom. The van der Waals surface area contributed by atoms with Crippen molar-refractivity contribution in [3.05, 3.63) is 36.0 Å². The highest BCUT2D eigenvalue weighted by Gasteiger charge is 2.24. The molecule has 0 spiro atoms. The van der Waals surface area contributed by atoms with Crippen molar-refractivity contribution in [2.24, 2.45) is 0 Å². The van der Waals surface area contributed by atoms with Crippen LogP contribution in [0, 0.1) is 0 Å². The zero-order chi connectivity index (χ0) is 15.1. The van der Waals surface area contributed by atoms with Gasteiger partial charge in [-0.05, 0) is 30.9 Å². The van der Waals surface area contributed by atoms with Gasteiger partial charge in [0.25, 0.3) is 0 Å². The minimum atomic E-state index is 1.18. The maximum absolute atomic E-state index is 3.41. The first-order valence-corrected chi connectivity index (χ1v) is 8.64. The van der Waals surface area contributed by atoms with Crippen LogP contribution >= 0.6 is 0 Å². The van der Waals surface area contributed by atoms with Crippen molar-refractivity contribution in [3.63, 3.8) is 0 Å². The van der Waals surface area contributed by atoms with E-state index in [0.29, 0.717) is 0 Å². The summed E-state index contributed by atoms with van der Waals surface area (Å²) in [5.41, 5.74) is 2.75. The number of benzene rings is 1. The van der Waals surface area contributed by atoms with Crippen molar-refractivity contribution in [3.8, 4) is 0 Å². The van der Waals surface area contributed by atoms with E-state index < -0.39 is 0 Å². The SMILES string of the molecule is CCC[N+](CCC)(CCC)CCc1c[nH]c2ccccc12. The second-order valence-corrected chi connectivity index (χ2v) is 6.35. The highest BCUT2D eigenvalue weighted by molar-refractivity contribution is 5.82. The molecule has 0 saturated carbocycles. The Labute approximate surface area is 129 Å². The summed E-state index contributed by atoms with van der Waals surface area (Å²) in [7, 11) is 0. The molecule has 0 amide bonds. The van der Waals surface area contributed by atoms with Crippen LogP contribution in [0.5, 0.6) is 0 Å². The second-order valence-electron chi connectivity index (χ2n) is 6.35. The molecule has 2 nitrogen and oxygen atoms in total. The number of para-hydroxylation sites is 1. The van der Waals surface area contributed by atoms with E-state index in [1.807, 2.05) is 0 Å². The van der Waals surface area contributed by atoms with Gasteiger partial charge in [-0.25, -0.2) is 0 Å². The van der Waals surface area contributed by atoms with Crippen LogP contribution in [0.2, 0.25) is 0 Å². The minimum absolute atomic E-state index is 1.18. The quantitative estimate of drug-likeness (QED) is 0.640. The maximum Gasteiger partial charge on any atom is 0.0828 e. The van der Waals surface area contributed by atoms with Crippen molar-refractivity contribution in [2.75, 3.05) is 26.2 Å². The van der Waals surface area contributed by atoms with E-state index in [4.69, 9.17) is 0 Å². The van der Waals surface area contributed by atoms with Gasteiger partial charge in [-0.2, -0.15) is 0 Å². The summed E-state index contributed by atoms with van der Waals surface area (Å²) in [4.78, 5) is 3.41. The van der Waals surface area contributed by atoms with E-state index in [1.54, 1.807) is 0 Å². The largest absolute Gasteiger partial charge is 0.361 e. The van der Waals surface area contributed by atoms with Crippen LogP contribution in [0.25, 0.3) is 10.9 Å². The highest BCUT2D eigenvalue weighted by atomic mass is 15.3. The summed E-state index contributed by atoms with van der Waals surface area (Å²) in [6.07, 6.45) is 7.25. The van der Waals surface area contributed by atoms with Crippen molar-refractivity contribution in [1.29, 1.82) is 0 Å². The Kier molecular flexibility index (Phi) is 5.86. The fraction of sp³-hybridized carbons (Fsp3) is 0.579. The third kappa shape index (κ3) is 3.88. The van der Waals surface area contributed by atoms with Crippen LogP contribution in [0.15, 0.2) is 30.5 Å². The van der Waals surface area contributed by atoms with E-state index in [2.05, 4.69) is 56.2 Å². The van der Waals surface area contributed by atoms with E-state index in [9.17, 15) is 0 Å². The van der Waals surface area contributed by atoms with Crippen molar-refractivity contribution in [1.82, 2.24) is 4.98 Å². The second kappa shape index (κ2) is 7.65. The molecule has 0 saturated heterocycles. The Morgan fingerprint density at radius 2 is 1.48 bits per heavy atom. The first kappa shape index (κ1) is 16.1. The lowest BCUT2D eigenvalue weighted by Gasteiger charge is -2.38. The van der Waals surface area contributed by atoms with Crippen molar-refractivity contribution < 1.29 is 4.48 Å². The molecule has 0 atom stereocenters.